The Morgan fingerprint density at radius 3 is 2.32 bits per heavy atom. The summed E-state index contributed by atoms with van der Waals surface area (Å²) in [5.41, 5.74) is 6.66. The second kappa shape index (κ2) is 8.87. The lowest BCUT2D eigenvalue weighted by Gasteiger charge is -2.16. The van der Waals surface area contributed by atoms with Gasteiger partial charge in [0.05, 0.1) is 6.61 Å². The van der Waals surface area contributed by atoms with Gasteiger partial charge < -0.3 is 25.8 Å². The van der Waals surface area contributed by atoms with Crippen LogP contribution in [0, 0.1) is 0 Å². The summed E-state index contributed by atoms with van der Waals surface area (Å²) in [6.45, 7) is 0.186. The van der Waals surface area contributed by atoms with E-state index in [9.17, 15) is 10.2 Å². The molecule has 5 nitrogen and oxygen atoms in total. The van der Waals surface area contributed by atoms with E-state index in [0.29, 0.717) is 12.3 Å². The number of aliphatic hydroxyl groups is 3. The van der Waals surface area contributed by atoms with E-state index in [1.165, 1.54) is 5.56 Å². The van der Waals surface area contributed by atoms with E-state index < -0.39 is 18.8 Å². The Morgan fingerprint density at radius 1 is 1.05 bits per heavy atom. The van der Waals surface area contributed by atoms with Crippen LogP contribution in [-0.4, -0.2) is 47.3 Å². The minimum Gasteiger partial charge on any atom is -0.491 e. The first kappa shape index (κ1) is 15.9. The van der Waals surface area contributed by atoms with E-state index in [1.807, 2.05) is 24.3 Å². The van der Waals surface area contributed by atoms with Crippen molar-refractivity contribution in [2.45, 2.75) is 31.5 Å². The average Bonchev–Trinajstić information content (AvgIpc) is 2.45. The Bertz CT molecular complexity index is 342. The van der Waals surface area contributed by atoms with Crippen LogP contribution < -0.4 is 10.5 Å². The fourth-order valence-corrected chi connectivity index (χ4v) is 1.64. The Morgan fingerprint density at radius 2 is 1.74 bits per heavy atom. The third-order valence-electron chi connectivity index (χ3n) is 2.89. The minimum atomic E-state index is -1.17. The van der Waals surface area contributed by atoms with Gasteiger partial charge in [-0.2, -0.15) is 0 Å². The standard InChI is InChI=1S/C14H23NO4/c15-8-2-1-3-11-4-6-12(7-5-11)19-10-14(18)13(17)9-16/h4-7,13-14,16-18H,1-3,8-10,15H2. The molecule has 108 valence electrons. The summed E-state index contributed by atoms with van der Waals surface area (Å²) < 4.78 is 5.33. The summed E-state index contributed by atoms with van der Waals surface area (Å²) in [6.07, 6.45) is 0.815. The molecule has 0 bridgehead atoms. The van der Waals surface area contributed by atoms with Crippen LogP contribution in [0.15, 0.2) is 24.3 Å². The molecule has 1 rings (SSSR count). The lowest BCUT2D eigenvalue weighted by atomic mass is 10.1. The van der Waals surface area contributed by atoms with Gasteiger partial charge in [0.1, 0.15) is 24.6 Å². The highest BCUT2D eigenvalue weighted by Gasteiger charge is 2.15. The van der Waals surface area contributed by atoms with Crippen LogP contribution in [-0.2, 0) is 6.42 Å². The quantitative estimate of drug-likeness (QED) is 0.475. The van der Waals surface area contributed by atoms with Crippen molar-refractivity contribution in [2.24, 2.45) is 5.73 Å². The number of hydrogen-bond acceptors (Lipinski definition) is 5. The average molecular weight is 269 g/mol. The molecule has 0 heterocycles. The Balaban J connectivity index is 2.35. The lowest BCUT2D eigenvalue weighted by Crippen LogP contribution is -2.34. The van der Waals surface area contributed by atoms with E-state index in [0.717, 1.165) is 19.3 Å². The van der Waals surface area contributed by atoms with Crippen molar-refractivity contribution in [3.8, 4) is 5.75 Å². The molecule has 0 aliphatic rings. The summed E-state index contributed by atoms with van der Waals surface area (Å²) in [5, 5.41) is 27.3. The van der Waals surface area contributed by atoms with Crippen LogP contribution in [0.25, 0.3) is 0 Å². The molecule has 0 saturated carbocycles. The number of rotatable bonds is 9. The molecule has 2 atom stereocenters. The number of hydrogen-bond donors (Lipinski definition) is 4. The van der Waals surface area contributed by atoms with Crippen LogP contribution in [0.2, 0.25) is 0 Å². The van der Waals surface area contributed by atoms with Crippen molar-refractivity contribution >= 4 is 0 Å². The van der Waals surface area contributed by atoms with Gasteiger partial charge in [0.2, 0.25) is 0 Å². The monoisotopic (exact) mass is 269 g/mol. The predicted molar refractivity (Wildman–Crippen MR) is 73.0 cm³/mol. The maximum Gasteiger partial charge on any atom is 0.119 e. The fourth-order valence-electron chi connectivity index (χ4n) is 1.64. The molecule has 0 fully saturated rings. The third-order valence-corrected chi connectivity index (χ3v) is 2.89. The first-order chi connectivity index (χ1) is 9.17. The maximum absolute atomic E-state index is 9.43. The number of aryl methyl sites for hydroxylation is 1. The molecule has 5 heteroatoms. The van der Waals surface area contributed by atoms with E-state index >= 15 is 0 Å². The summed E-state index contributed by atoms with van der Waals surface area (Å²) in [5.74, 6) is 0.631. The highest BCUT2D eigenvalue weighted by Crippen LogP contribution is 2.14. The number of aliphatic hydroxyl groups excluding tert-OH is 3. The van der Waals surface area contributed by atoms with Gasteiger partial charge in [-0.15, -0.1) is 0 Å². The molecule has 0 spiro atoms. The second-order valence-corrected chi connectivity index (χ2v) is 4.52. The fraction of sp³-hybridized carbons (Fsp3) is 0.571. The van der Waals surface area contributed by atoms with Crippen LogP contribution in [0.1, 0.15) is 18.4 Å². The van der Waals surface area contributed by atoms with E-state index in [4.69, 9.17) is 15.6 Å². The van der Waals surface area contributed by atoms with Crippen molar-refractivity contribution in [1.82, 2.24) is 0 Å². The van der Waals surface area contributed by atoms with E-state index in [2.05, 4.69) is 0 Å². The molecular weight excluding hydrogens is 246 g/mol. The predicted octanol–water partition coefficient (Wildman–Crippen LogP) is 0.0609. The van der Waals surface area contributed by atoms with Gasteiger partial charge in [-0.05, 0) is 43.5 Å². The molecule has 0 radical (unpaired) electrons. The van der Waals surface area contributed by atoms with E-state index in [1.54, 1.807) is 0 Å². The molecule has 0 aliphatic carbocycles. The first-order valence-corrected chi connectivity index (χ1v) is 6.56. The lowest BCUT2D eigenvalue weighted by molar-refractivity contribution is -0.0339. The zero-order valence-electron chi connectivity index (χ0n) is 11.0. The maximum atomic E-state index is 9.43. The van der Waals surface area contributed by atoms with Gasteiger partial charge in [0.25, 0.3) is 0 Å². The molecule has 5 N–H and O–H groups in total. The van der Waals surface area contributed by atoms with Crippen molar-refractivity contribution < 1.29 is 20.1 Å². The smallest absolute Gasteiger partial charge is 0.119 e. The number of benzene rings is 1. The molecule has 2 unspecified atom stereocenters. The molecule has 0 aromatic heterocycles. The van der Waals surface area contributed by atoms with Crippen LogP contribution in [0.3, 0.4) is 0 Å². The zero-order valence-corrected chi connectivity index (χ0v) is 11.0. The third kappa shape index (κ3) is 6.02. The summed E-state index contributed by atoms with van der Waals surface area (Å²) in [4.78, 5) is 0. The van der Waals surface area contributed by atoms with Gasteiger partial charge in [-0.3, -0.25) is 0 Å². The zero-order chi connectivity index (χ0) is 14.1. The number of unbranched alkanes of at least 4 members (excludes halogenated alkanes) is 1. The van der Waals surface area contributed by atoms with Gasteiger partial charge in [-0.1, -0.05) is 12.1 Å². The molecule has 1 aromatic rings. The second-order valence-electron chi connectivity index (χ2n) is 4.52. The SMILES string of the molecule is NCCCCc1ccc(OCC(O)C(O)CO)cc1. The number of ether oxygens (including phenoxy) is 1. The molecule has 1 aromatic carbocycles. The van der Waals surface area contributed by atoms with Crippen molar-refractivity contribution in [1.29, 1.82) is 0 Å². The Labute approximate surface area is 113 Å². The van der Waals surface area contributed by atoms with Gasteiger partial charge in [-0.25, -0.2) is 0 Å². The van der Waals surface area contributed by atoms with Crippen LogP contribution in [0.5, 0.6) is 5.75 Å². The molecule has 0 amide bonds. The van der Waals surface area contributed by atoms with Gasteiger partial charge >= 0.3 is 0 Å². The normalized spacial score (nSPS) is 14.1. The number of nitrogens with two attached hydrogens (primary N) is 1. The first-order valence-electron chi connectivity index (χ1n) is 6.56. The van der Waals surface area contributed by atoms with Crippen LogP contribution in [0.4, 0.5) is 0 Å². The molecular formula is C14H23NO4. The topological polar surface area (TPSA) is 95.9 Å². The molecule has 0 saturated heterocycles. The van der Waals surface area contributed by atoms with E-state index in [-0.39, 0.29) is 6.61 Å². The van der Waals surface area contributed by atoms with Crippen LogP contribution >= 0.6 is 0 Å². The summed E-state index contributed by atoms with van der Waals surface area (Å²) >= 11 is 0. The molecule has 0 aliphatic heterocycles. The highest BCUT2D eigenvalue weighted by molar-refractivity contribution is 5.27. The van der Waals surface area contributed by atoms with Crippen molar-refractivity contribution in [3.63, 3.8) is 0 Å². The van der Waals surface area contributed by atoms with Crippen molar-refractivity contribution in [3.05, 3.63) is 29.8 Å². The summed E-state index contributed by atoms with van der Waals surface area (Å²) in [7, 11) is 0. The van der Waals surface area contributed by atoms with Crippen molar-refractivity contribution in [2.75, 3.05) is 19.8 Å². The Kier molecular flexibility index (Phi) is 7.43. The summed E-state index contributed by atoms with van der Waals surface area (Å²) in [6, 6.07) is 7.60. The highest BCUT2D eigenvalue weighted by atomic mass is 16.5. The van der Waals surface area contributed by atoms with Gasteiger partial charge in [0, 0.05) is 0 Å². The van der Waals surface area contributed by atoms with Gasteiger partial charge in [0.15, 0.2) is 0 Å². The minimum absolute atomic E-state index is 0.0474. The largest absolute Gasteiger partial charge is 0.491 e. The molecule has 19 heavy (non-hydrogen) atoms. The Hall–Kier alpha value is -1.14.